The first-order chi connectivity index (χ1) is 8.58. The van der Waals surface area contributed by atoms with Gasteiger partial charge >= 0.3 is 0 Å². The number of nitrogens with zero attached hydrogens (tertiary/aromatic N) is 1. The number of likely N-dealkylation sites (tertiary alicyclic amines) is 1. The third kappa shape index (κ3) is 2.92. The number of nitrogens with two attached hydrogens (primary N) is 1. The lowest BCUT2D eigenvalue weighted by Gasteiger charge is -2.37. The molecule has 0 radical (unpaired) electrons. The second-order valence-electron chi connectivity index (χ2n) is 5.54. The fourth-order valence-electron chi connectivity index (χ4n) is 2.89. The fourth-order valence-corrected chi connectivity index (χ4v) is 2.89. The zero-order chi connectivity index (χ0) is 13.1. The highest BCUT2D eigenvalue weighted by molar-refractivity contribution is 5.80. The van der Waals surface area contributed by atoms with Crippen molar-refractivity contribution in [2.75, 3.05) is 6.54 Å². The van der Waals surface area contributed by atoms with E-state index < -0.39 is 0 Å². The Hall–Kier alpha value is -1.32. The summed E-state index contributed by atoms with van der Waals surface area (Å²) in [5.74, 6) is 0.119. The minimum absolute atomic E-state index is 0.163. The first-order valence-electron chi connectivity index (χ1n) is 6.83. The van der Waals surface area contributed by atoms with Crippen LogP contribution in [0.4, 0.5) is 0 Å². The van der Waals surface area contributed by atoms with E-state index in [-0.39, 0.29) is 23.8 Å². The zero-order valence-electron chi connectivity index (χ0n) is 11.0. The van der Waals surface area contributed by atoms with Crippen molar-refractivity contribution in [3.63, 3.8) is 0 Å². The minimum atomic E-state index is -0.277. The van der Waals surface area contributed by atoms with Crippen LogP contribution in [0, 0.1) is 11.8 Å². The van der Waals surface area contributed by atoms with Crippen molar-refractivity contribution in [3.8, 4) is 0 Å². The van der Waals surface area contributed by atoms with Gasteiger partial charge in [0.2, 0.25) is 11.8 Å². The summed E-state index contributed by atoms with van der Waals surface area (Å²) in [7, 11) is 0. The van der Waals surface area contributed by atoms with Crippen LogP contribution in [-0.4, -0.2) is 29.3 Å². The molecule has 0 aromatic heterocycles. The van der Waals surface area contributed by atoms with E-state index >= 15 is 0 Å². The largest absolute Gasteiger partial charge is 0.369 e. The first-order valence-corrected chi connectivity index (χ1v) is 6.83. The molecule has 0 aromatic rings. The summed E-state index contributed by atoms with van der Waals surface area (Å²) in [4.78, 5) is 25.4. The average molecular weight is 250 g/mol. The summed E-state index contributed by atoms with van der Waals surface area (Å²) in [5.41, 5.74) is 5.35. The van der Waals surface area contributed by atoms with Gasteiger partial charge in [-0.15, -0.1) is 0 Å². The normalized spacial score (nSPS) is 31.6. The van der Waals surface area contributed by atoms with Crippen LogP contribution < -0.4 is 5.73 Å². The Bertz CT molecular complexity index is 365. The maximum atomic E-state index is 12.3. The third-order valence-corrected chi connectivity index (χ3v) is 4.15. The van der Waals surface area contributed by atoms with E-state index in [0.29, 0.717) is 18.9 Å². The van der Waals surface area contributed by atoms with E-state index in [9.17, 15) is 9.59 Å². The zero-order valence-corrected chi connectivity index (χ0v) is 11.0. The molecule has 1 aliphatic heterocycles. The van der Waals surface area contributed by atoms with Gasteiger partial charge in [-0.05, 0) is 38.5 Å². The van der Waals surface area contributed by atoms with Crippen LogP contribution in [0.25, 0.3) is 0 Å². The Kier molecular flexibility index (Phi) is 4.04. The molecule has 2 aliphatic rings. The summed E-state index contributed by atoms with van der Waals surface area (Å²) < 4.78 is 0. The van der Waals surface area contributed by atoms with E-state index in [4.69, 9.17) is 5.73 Å². The molecule has 2 rings (SSSR count). The van der Waals surface area contributed by atoms with Gasteiger partial charge in [-0.3, -0.25) is 9.59 Å². The number of piperidine rings is 1. The number of carbonyl (C=O) groups is 2. The fraction of sp³-hybridized carbons (Fsp3) is 0.714. The van der Waals surface area contributed by atoms with Crippen LogP contribution in [0.5, 0.6) is 0 Å². The van der Waals surface area contributed by atoms with Crippen molar-refractivity contribution in [1.82, 2.24) is 4.90 Å². The number of primary amides is 1. The third-order valence-electron chi connectivity index (χ3n) is 4.15. The molecule has 3 atom stereocenters. The lowest BCUT2D eigenvalue weighted by Crippen LogP contribution is -2.48. The molecule has 0 saturated carbocycles. The molecule has 100 valence electrons. The molecule has 0 bridgehead atoms. The Morgan fingerprint density at radius 2 is 2.11 bits per heavy atom. The van der Waals surface area contributed by atoms with Gasteiger partial charge in [0.25, 0.3) is 0 Å². The predicted molar refractivity (Wildman–Crippen MR) is 69.6 cm³/mol. The van der Waals surface area contributed by atoms with Gasteiger partial charge in [-0.1, -0.05) is 12.2 Å². The molecule has 1 heterocycles. The summed E-state index contributed by atoms with van der Waals surface area (Å²) in [5, 5.41) is 0. The SMILES string of the molecule is CC1CCC(C(N)=O)CN1C(=O)CC1C=CCC1. The van der Waals surface area contributed by atoms with E-state index in [0.717, 1.165) is 25.7 Å². The van der Waals surface area contributed by atoms with Crippen molar-refractivity contribution in [1.29, 1.82) is 0 Å². The molecule has 1 saturated heterocycles. The molecule has 1 fully saturated rings. The highest BCUT2D eigenvalue weighted by Crippen LogP contribution is 2.26. The van der Waals surface area contributed by atoms with Crippen molar-refractivity contribution >= 4 is 11.8 Å². The smallest absolute Gasteiger partial charge is 0.223 e. The second kappa shape index (κ2) is 5.55. The Labute approximate surface area is 108 Å². The van der Waals surface area contributed by atoms with Crippen molar-refractivity contribution in [2.45, 2.75) is 45.1 Å². The molecular weight excluding hydrogens is 228 g/mol. The molecular formula is C14H22N2O2. The Morgan fingerprint density at radius 1 is 1.33 bits per heavy atom. The summed E-state index contributed by atoms with van der Waals surface area (Å²) in [6.07, 6.45) is 8.70. The molecule has 1 aliphatic carbocycles. The molecule has 2 amide bonds. The number of hydrogen-bond donors (Lipinski definition) is 1. The predicted octanol–water partition coefficient (Wildman–Crippen LogP) is 1.46. The lowest BCUT2D eigenvalue weighted by atomic mass is 9.92. The molecule has 0 aromatic carbocycles. The van der Waals surface area contributed by atoms with Crippen molar-refractivity contribution in [2.24, 2.45) is 17.6 Å². The minimum Gasteiger partial charge on any atom is -0.369 e. The van der Waals surface area contributed by atoms with E-state index in [1.54, 1.807) is 0 Å². The molecule has 18 heavy (non-hydrogen) atoms. The molecule has 3 unspecified atom stereocenters. The van der Waals surface area contributed by atoms with Gasteiger partial charge in [0.15, 0.2) is 0 Å². The quantitative estimate of drug-likeness (QED) is 0.771. The topological polar surface area (TPSA) is 63.4 Å². The molecule has 0 spiro atoms. The molecule has 4 nitrogen and oxygen atoms in total. The van der Waals surface area contributed by atoms with Crippen LogP contribution in [0.2, 0.25) is 0 Å². The monoisotopic (exact) mass is 250 g/mol. The number of allylic oxidation sites excluding steroid dienone is 2. The van der Waals surface area contributed by atoms with Crippen LogP contribution >= 0.6 is 0 Å². The number of amides is 2. The summed E-state index contributed by atoms with van der Waals surface area (Å²) in [6, 6.07) is 0.235. The van der Waals surface area contributed by atoms with Gasteiger partial charge in [-0.25, -0.2) is 0 Å². The van der Waals surface area contributed by atoms with Crippen LogP contribution in [0.15, 0.2) is 12.2 Å². The van der Waals surface area contributed by atoms with Gasteiger partial charge in [0.1, 0.15) is 0 Å². The van der Waals surface area contributed by atoms with Gasteiger partial charge in [-0.2, -0.15) is 0 Å². The van der Waals surface area contributed by atoms with Crippen LogP contribution in [0.3, 0.4) is 0 Å². The van der Waals surface area contributed by atoms with Crippen molar-refractivity contribution in [3.05, 3.63) is 12.2 Å². The Balaban J connectivity index is 1.94. The van der Waals surface area contributed by atoms with Crippen LogP contribution in [0.1, 0.15) is 39.0 Å². The summed E-state index contributed by atoms with van der Waals surface area (Å²) >= 11 is 0. The number of rotatable bonds is 3. The van der Waals surface area contributed by atoms with Gasteiger partial charge in [0.05, 0.1) is 5.92 Å². The highest BCUT2D eigenvalue weighted by Gasteiger charge is 2.32. The van der Waals surface area contributed by atoms with E-state index in [1.807, 2.05) is 4.90 Å². The summed E-state index contributed by atoms with van der Waals surface area (Å²) in [6.45, 7) is 2.56. The average Bonchev–Trinajstić information content (AvgIpc) is 2.81. The first kappa shape index (κ1) is 13.1. The van der Waals surface area contributed by atoms with E-state index in [1.165, 1.54) is 0 Å². The number of carbonyl (C=O) groups excluding carboxylic acids is 2. The van der Waals surface area contributed by atoms with Crippen LogP contribution in [-0.2, 0) is 9.59 Å². The van der Waals surface area contributed by atoms with Gasteiger partial charge in [0, 0.05) is 19.0 Å². The maximum Gasteiger partial charge on any atom is 0.223 e. The lowest BCUT2D eigenvalue weighted by molar-refractivity contribution is -0.138. The molecule has 2 N–H and O–H groups in total. The van der Waals surface area contributed by atoms with Crippen molar-refractivity contribution < 1.29 is 9.59 Å². The maximum absolute atomic E-state index is 12.3. The second-order valence-corrected chi connectivity index (χ2v) is 5.54. The standard InChI is InChI=1S/C14H22N2O2/c1-10-6-7-12(14(15)18)9-16(10)13(17)8-11-4-2-3-5-11/h2,4,10-12H,3,5-9H2,1H3,(H2,15,18). The van der Waals surface area contributed by atoms with Gasteiger partial charge < -0.3 is 10.6 Å². The molecule has 4 heteroatoms. The van der Waals surface area contributed by atoms with E-state index in [2.05, 4.69) is 19.1 Å². The Morgan fingerprint density at radius 3 is 2.72 bits per heavy atom. The number of hydrogen-bond acceptors (Lipinski definition) is 2. The highest BCUT2D eigenvalue weighted by atomic mass is 16.2.